The minimum absolute atomic E-state index is 0.296. The first-order valence-corrected chi connectivity index (χ1v) is 9.36. The number of esters is 1. The Morgan fingerprint density at radius 1 is 1.14 bits per heavy atom. The van der Waals surface area contributed by atoms with Crippen molar-refractivity contribution < 1.29 is 23.9 Å². The average Bonchev–Trinajstić information content (AvgIpc) is 3.00. The van der Waals surface area contributed by atoms with Gasteiger partial charge in [0, 0.05) is 23.6 Å². The number of rotatable bonds is 8. The summed E-state index contributed by atoms with van der Waals surface area (Å²) in [6.07, 6.45) is 0. The highest BCUT2D eigenvalue weighted by atomic mass is 16.5. The molecule has 0 aliphatic rings. The summed E-state index contributed by atoms with van der Waals surface area (Å²) in [5.74, 6) is -0.696. The maximum absolute atomic E-state index is 12.5. The maximum atomic E-state index is 12.5. The lowest BCUT2D eigenvalue weighted by molar-refractivity contribution is -0.130. The molecule has 2 aromatic rings. The van der Waals surface area contributed by atoms with Crippen LogP contribution in [0.3, 0.4) is 0 Å². The smallest absolute Gasteiger partial charge is 0.340 e. The Bertz CT molecular complexity index is 886. The number of methoxy groups -OCH3 is 1. The Morgan fingerprint density at radius 3 is 2.38 bits per heavy atom. The van der Waals surface area contributed by atoms with Crippen LogP contribution in [0.25, 0.3) is 5.69 Å². The van der Waals surface area contributed by atoms with Gasteiger partial charge in [0.25, 0.3) is 5.91 Å². The summed E-state index contributed by atoms with van der Waals surface area (Å²) in [6, 6.07) is 8.48. The molecule has 0 fully saturated rings. The number of hydrogen-bond acceptors (Lipinski definition) is 5. The van der Waals surface area contributed by atoms with Crippen molar-refractivity contribution in [3.8, 4) is 11.4 Å². The van der Waals surface area contributed by atoms with Crippen LogP contribution in [0.5, 0.6) is 5.75 Å². The predicted octanol–water partition coefficient (Wildman–Crippen LogP) is 1.90. The van der Waals surface area contributed by atoms with Gasteiger partial charge in [-0.05, 0) is 58.0 Å². The normalized spacial score (nSPS) is 11.5. The number of benzene rings is 1. The Kier molecular flexibility index (Phi) is 7.41. The number of carbonyl (C=O) groups is 3. The van der Waals surface area contributed by atoms with Gasteiger partial charge in [-0.15, -0.1) is 0 Å². The molecular formula is C21H27N3O5. The summed E-state index contributed by atoms with van der Waals surface area (Å²) >= 11 is 0. The lowest BCUT2D eigenvalue weighted by atomic mass is 10.2. The van der Waals surface area contributed by atoms with E-state index in [9.17, 15) is 14.4 Å². The summed E-state index contributed by atoms with van der Waals surface area (Å²) < 4.78 is 12.2. The van der Waals surface area contributed by atoms with Crippen LogP contribution in [0.1, 0.15) is 35.6 Å². The van der Waals surface area contributed by atoms with Crippen LogP contribution >= 0.6 is 0 Å². The molecule has 1 atom stereocenters. The minimum atomic E-state index is -0.707. The van der Waals surface area contributed by atoms with Gasteiger partial charge in [0.05, 0.1) is 12.7 Å². The van der Waals surface area contributed by atoms with E-state index in [-0.39, 0.29) is 5.91 Å². The largest absolute Gasteiger partial charge is 0.497 e. The van der Waals surface area contributed by atoms with E-state index in [0.717, 1.165) is 17.1 Å². The summed E-state index contributed by atoms with van der Waals surface area (Å²) in [5.41, 5.74) is 2.82. The van der Waals surface area contributed by atoms with Crippen LogP contribution in [0, 0.1) is 13.8 Å². The van der Waals surface area contributed by atoms with Gasteiger partial charge in [-0.1, -0.05) is 0 Å². The first kappa shape index (κ1) is 22.0. The van der Waals surface area contributed by atoms with E-state index in [4.69, 9.17) is 9.47 Å². The summed E-state index contributed by atoms with van der Waals surface area (Å²) in [7, 11) is 1.60. The van der Waals surface area contributed by atoms with Gasteiger partial charge < -0.3 is 24.7 Å². The van der Waals surface area contributed by atoms with Crippen molar-refractivity contribution in [3.05, 3.63) is 47.3 Å². The van der Waals surface area contributed by atoms with E-state index < -0.39 is 24.5 Å². The molecule has 2 rings (SSSR count). The summed E-state index contributed by atoms with van der Waals surface area (Å²) in [6.45, 7) is 7.05. The molecular weight excluding hydrogens is 374 g/mol. The molecule has 0 saturated carbocycles. The molecule has 2 amide bonds. The van der Waals surface area contributed by atoms with Crippen molar-refractivity contribution in [1.82, 2.24) is 15.2 Å². The van der Waals surface area contributed by atoms with Crippen molar-refractivity contribution >= 4 is 17.8 Å². The van der Waals surface area contributed by atoms with Crippen LogP contribution in [0.2, 0.25) is 0 Å². The SMILES string of the molecule is CCNC(=O)[C@H](C)NC(=O)COC(=O)c1cc(C)n(-c2ccc(OC)cc2)c1C. The molecule has 1 aromatic carbocycles. The molecule has 2 N–H and O–H groups in total. The molecule has 1 aromatic heterocycles. The van der Waals surface area contributed by atoms with Gasteiger partial charge in [0.15, 0.2) is 6.61 Å². The predicted molar refractivity (Wildman–Crippen MR) is 108 cm³/mol. The molecule has 0 saturated heterocycles. The number of aryl methyl sites for hydroxylation is 1. The summed E-state index contributed by atoms with van der Waals surface area (Å²) in [4.78, 5) is 36.1. The Balaban J connectivity index is 2.04. The van der Waals surface area contributed by atoms with Crippen LogP contribution in [0.15, 0.2) is 30.3 Å². The highest BCUT2D eigenvalue weighted by molar-refractivity contribution is 5.93. The molecule has 156 valence electrons. The second-order valence-electron chi connectivity index (χ2n) is 6.58. The molecule has 8 nitrogen and oxygen atoms in total. The average molecular weight is 401 g/mol. The van der Waals surface area contributed by atoms with Crippen molar-refractivity contribution in [3.63, 3.8) is 0 Å². The molecule has 0 bridgehead atoms. The van der Waals surface area contributed by atoms with Gasteiger partial charge in [0.2, 0.25) is 5.91 Å². The van der Waals surface area contributed by atoms with E-state index in [2.05, 4.69) is 10.6 Å². The van der Waals surface area contributed by atoms with E-state index in [1.54, 1.807) is 27.0 Å². The number of nitrogens with zero attached hydrogens (tertiary/aromatic N) is 1. The fourth-order valence-corrected chi connectivity index (χ4v) is 2.98. The van der Waals surface area contributed by atoms with Gasteiger partial charge in [-0.25, -0.2) is 4.79 Å². The zero-order valence-electron chi connectivity index (χ0n) is 17.4. The maximum Gasteiger partial charge on any atom is 0.340 e. The molecule has 1 heterocycles. The van der Waals surface area contributed by atoms with Gasteiger partial charge in [0.1, 0.15) is 11.8 Å². The van der Waals surface area contributed by atoms with Crippen molar-refractivity contribution in [2.24, 2.45) is 0 Å². The van der Waals surface area contributed by atoms with Gasteiger partial charge in [-0.3, -0.25) is 9.59 Å². The third-order valence-corrected chi connectivity index (χ3v) is 4.44. The van der Waals surface area contributed by atoms with Crippen molar-refractivity contribution in [2.75, 3.05) is 20.3 Å². The number of aromatic nitrogens is 1. The monoisotopic (exact) mass is 401 g/mol. The topological polar surface area (TPSA) is 98.7 Å². The molecule has 0 aliphatic carbocycles. The lowest BCUT2D eigenvalue weighted by Gasteiger charge is -2.13. The van der Waals surface area contributed by atoms with Crippen LogP contribution < -0.4 is 15.4 Å². The highest BCUT2D eigenvalue weighted by Crippen LogP contribution is 2.23. The quantitative estimate of drug-likeness (QED) is 0.659. The molecule has 0 aliphatic heterocycles. The van der Waals surface area contributed by atoms with Crippen LogP contribution in [-0.4, -0.2) is 48.7 Å². The Labute approximate surface area is 170 Å². The van der Waals surface area contributed by atoms with E-state index in [1.807, 2.05) is 42.7 Å². The van der Waals surface area contributed by atoms with E-state index >= 15 is 0 Å². The minimum Gasteiger partial charge on any atom is -0.497 e. The number of likely N-dealkylation sites (N-methyl/N-ethyl adjacent to an activating group) is 1. The molecule has 0 unspecified atom stereocenters. The van der Waals surface area contributed by atoms with E-state index in [1.165, 1.54) is 0 Å². The van der Waals surface area contributed by atoms with Crippen molar-refractivity contribution in [2.45, 2.75) is 33.7 Å². The second kappa shape index (κ2) is 9.77. The number of hydrogen-bond donors (Lipinski definition) is 2. The molecule has 8 heteroatoms. The standard InChI is InChI=1S/C21H27N3O5/c1-6-22-20(26)14(3)23-19(25)12-29-21(27)18-11-13(2)24(15(18)4)16-7-9-17(28-5)10-8-16/h7-11,14H,6,12H2,1-5H3,(H,22,26)(H,23,25)/t14-/m0/s1. The molecule has 29 heavy (non-hydrogen) atoms. The molecule has 0 radical (unpaired) electrons. The van der Waals surface area contributed by atoms with Crippen LogP contribution in [0.4, 0.5) is 0 Å². The number of amides is 2. The third kappa shape index (κ3) is 5.37. The first-order valence-electron chi connectivity index (χ1n) is 9.36. The number of ether oxygens (including phenoxy) is 2. The number of nitrogens with one attached hydrogen (secondary N) is 2. The van der Waals surface area contributed by atoms with E-state index in [0.29, 0.717) is 17.8 Å². The van der Waals surface area contributed by atoms with Gasteiger partial charge >= 0.3 is 5.97 Å². The molecule has 0 spiro atoms. The first-order chi connectivity index (χ1) is 13.8. The fraction of sp³-hybridized carbons (Fsp3) is 0.381. The number of carbonyl (C=O) groups excluding carboxylic acids is 3. The summed E-state index contributed by atoms with van der Waals surface area (Å²) in [5, 5.41) is 5.10. The Morgan fingerprint density at radius 2 is 1.79 bits per heavy atom. The highest BCUT2D eigenvalue weighted by Gasteiger charge is 2.20. The van der Waals surface area contributed by atoms with Gasteiger partial charge in [-0.2, -0.15) is 0 Å². The zero-order chi connectivity index (χ0) is 21.6. The third-order valence-electron chi connectivity index (χ3n) is 4.44. The fourth-order valence-electron chi connectivity index (χ4n) is 2.98. The zero-order valence-corrected chi connectivity index (χ0v) is 17.4. The lowest BCUT2D eigenvalue weighted by Crippen LogP contribution is -2.46. The Hall–Kier alpha value is -3.29. The van der Waals surface area contributed by atoms with Crippen molar-refractivity contribution in [1.29, 1.82) is 0 Å². The van der Waals surface area contributed by atoms with Crippen LogP contribution in [-0.2, 0) is 14.3 Å². The second-order valence-corrected chi connectivity index (χ2v) is 6.58.